The summed E-state index contributed by atoms with van der Waals surface area (Å²) in [5, 5.41) is 8.43. The van der Waals surface area contributed by atoms with Gasteiger partial charge in [0, 0.05) is 12.8 Å². The molecule has 0 atom stereocenters. The number of hydrogen-bond acceptors (Lipinski definition) is 5. The molecule has 20 heavy (non-hydrogen) atoms. The molecule has 0 bridgehead atoms. The molecule has 0 spiro atoms. The third-order valence-electron chi connectivity index (χ3n) is 2.28. The van der Waals surface area contributed by atoms with E-state index >= 15 is 0 Å². The molecule has 0 aromatic heterocycles. The van der Waals surface area contributed by atoms with Gasteiger partial charge in [0.25, 0.3) is 0 Å². The molecule has 0 amide bonds. The van der Waals surface area contributed by atoms with Crippen molar-refractivity contribution in [3.8, 4) is 0 Å². The van der Waals surface area contributed by atoms with Gasteiger partial charge < -0.3 is 19.0 Å². The second-order valence-corrected chi connectivity index (χ2v) is 9.91. The Labute approximate surface area is 121 Å². The highest BCUT2D eigenvalue weighted by Crippen LogP contribution is 2.02. The van der Waals surface area contributed by atoms with Gasteiger partial charge in [0.15, 0.2) is 8.32 Å². The Kier molecular flexibility index (Phi) is 10.3. The van der Waals surface area contributed by atoms with E-state index in [0.717, 1.165) is 0 Å². The molecule has 0 saturated heterocycles. The molecule has 0 saturated carbocycles. The standard InChI is InChI=1S/C13H26O6Si/c1-20(2,3)19-11-9-17-8-10-18-13(16)7-5-4-6-12(14)15/h4-11H2,1-3H3,(H,14,15). The summed E-state index contributed by atoms with van der Waals surface area (Å²) in [4.78, 5) is 21.5. The summed E-state index contributed by atoms with van der Waals surface area (Å²) in [6.07, 6.45) is 1.38. The molecule has 0 radical (unpaired) electrons. The SMILES string of the molecule is C[Si](C)(C)OCCOCCOC(=O)CCCCC(=O)O. The fraction of sp³-hybridized carbons (Fsp3) is 0.846. The third-order valence-corrected chi connectivity index (χ3v) is 3.35. The number of aliphatic carboxylic acids is 1. The fourth-order valence-corrected chi connectivity index (χ4v) is 2.04. The number of carbonyl (C=O) groups is 2. The Balaban J connectivity index is 3.29. The highest BCUT2D eigenvalue weighted by atomic mass is 28.4. The van der Waals surface area contributed by atoms with Crippen molar-refractivity contribution in [1.82, 2.24) is 0 Å². The lowest BCUT2D eigenvalue weighted by molar-refractivity contribution is -0.145. The average Bonchev–Trinajstić information content (AvgIpc) is 2.32. The van der Waals surface area contributed by atoms with Crippen molar-refractivity contribution in [3.63, 3.8) is 0 Å². The van der Waals surface area contributed by atoms with E-state index in [9.17, 15) is 9.59 Å². The van der Waals surface area contributed by atoms with Crippen LogP contribution < -0.4 is 0 Å². The quantitative estimate of drug-likeness (QED) is 0.337. The van der Waals surface area contributed by atoms with Gasteiger partial charge in [-0.3, -0.25) is 9.59 Å². The lowest BCUT2D eigenvalue weighted by Crippen LogP contribution is -2.27. The average molecular weight is 306 g/mol. The van der Waals surface area contributed by atoms with E-state index in [2.05, 4.69) is 19.6 Å². The van der Waals surface area contributed by atoms with Crippen LogP contribution in [0, 0.1) is 0 Å². The van der Waals surface area contributed by atoms with E-state index in [-0.39, 0.29) is 25.4 Å². The molecule has 0 unspecified atom stereocenters. The first-order valence-electron chi connectivity index (χ1n) is 6.90. The monoisotopic (exact) mass is 306 g/mol. The first-order chi connectivity index (χ1) is 9.31. The molecule has 0 aliphatic rings. The maximum absolute atomic E-state index is 11.3. The molecule has 0 rings (SSSR count). The Hall–Kier alpha value is -0.923. The minimum Gasteiger partial charge on any atom is -0.481 e. The van der Waals surface area contributed by atoms with Gasteiger partial charge in [-0.2, -0.15) is 0 Å². The van der Waals surface area contributed by atoms with Crippen LogP contribution >= 0.6 is 0 Å². The van der Waals surface area contributed by atoms with Crippen molar-refractivity contribution >= 4 is 20.3 Å². The third kappa shape index (κ3) is 15.1. The van der Waals surface area contributed by atoms with Crippen LogP contribution in [-0.2, 0) is 23.5 Å². The maximum Gasteiger partial charge on any atom is 0.305 e. The van der Waals surface area contributed by atoms with Gasteiger partial charge in [-0.25, -0.2) is 0 Å². The molecular formula is C13H26O6Si. The summed E-state index contributed by atoms with van der Waals surface area (Å²) in [7, 11) is -1.48. The number of hydrogen-bond donors (Lipinski definition) is 1. The summed E-state index contributed by atoms with van der Waals surface area (Å²) in [5.41, 5.74) is 0. The van der Waals surface area contributed by atoms with E-state index in [0.29, 0.717) is 32.7 Å². The zero-order valence-electron chi connectivity index (χ0n) is 12.6. The van der Waals surface area contributed by atoms with Crippen LogP contribution in [0.25, 0.3) is 0 Å². The molecule has 6 nitrogen and oxygen atoms in total. The topological polar surface area (TPSA) is 82.1 Å². The summed E-state index contributed by atoms with van der Waals surface area (Å²) < 4.78 is 15.8. The van der Waals surface area contributed by atoms with Crippen LogP contribution in [0.1, 0.15) is 25.7 Å². The lowest BCUT2D eigenvalue weighted by Gasteiger charge is -2.16. The number of ether oxygens (including phenoxy) is 2. The van der Waals surface area contributed by atoms with Gasteiger partial charge in [0.05, 0.1) is 19.8 Å². The summed E-state index contributed by atoms with van der Waals surface area (Å²) >= 11 is 0. The van der Waals surface area contributed by atoms with E-state index in [1.807, 2.05) is 0 Å². The molecule has 0 aliphatic heterocycles. The molecule has 7 heteroatoms. The van der Waals surface area contributed by atoms with Gasteiger partial charge in [0.1, 0.15) is 6.61 Å². The Morgan fingerprint density at radius 1 is 0.950 bits per heavy atom. The first kappa shape index (κ1) is 19.1. The number of esters is 1. The summed E-state index contributed by atoms with van der Waals surface area (Å²) in [6, 6.07) is 0. The molecule has 0 aliphatic carbocycles. The van der Waals surface area contributed by atoms with Crippen molar-refractivity contribution in [2.45, 2.75) is 45.3 Å². The smallest absolute Gasteiger partial charge is 0.305 e. The van der Waals surface area contributed by atoms with E-state index in [1.165, 1.54) is 0 Å². The molecule has 1 N–H and O–H groups in total. The normalized spacial score (nSPS) is 11.3. The molecular weight excluding hydrogens is 280 g/mol. The highest BCUT2D eigenvalue weighted by Gasteiger charge is 2.13. The second-order valence-electron chi connectivity index (χ2n) is 5.39. The molecule has 0 aromatic carbocycles. The van der Waals surface area contributed by atoms with E-state index < -0.39 is 14.3 Å². The fourth-order valence-electron chi connectivity index (χ4n) is 1.34. The molecule has 118 valence electrons. The summed E-state index contributed by atoms with van der Waals surface area (Å²) in [6.45, 7) is 7.98. The number of carboxylic acid groups (broad SMARTS) is 1. The van der Waals surface area contributed by atoms with Gasteiger partial charge in [0.2, 0.25) is 0 Å². The van der Waals surface area contributed by atoms with Crippen molar-refractivity contribution < 1.29 is 28.6 Å². The second kappa shape index (κ2) is 10.8. The minimum atomic E-state index is -1.48. The Morgan fingerprint density at radius 2 is 1.55 bits per heavy atom. The Morgan fingerprint density at radius 3 is 2.15 bits per heavy atom. The van der Waals surface area contributed by atoms with Gasteiger partial charge in [-0.05, 0) is 32.5 Å². The Bertz CT molecular complexity index is 287. The van der Waals surface area contributed by atoms with Crippen LogP contribution in [0.3, 0.4) is 0 Å². The first-order valence-corrected chi connectivity index (χ1v) is 10.3. The number of rotatable bonds is 12. The van der Waals surface area contributed by atoms with E-state index in [4.69, 9.17) is 19.0 Å². The largest absolute Gasteiger partial charge is 0.481 e. The van der Waals surface area contributed by atoms with Crippen LogP contribution in [0.2, 0.25) is 19.6 Å². The molecule has 0 heterocycles. The van der Waals surface area contributed by atoms with Crippen LogP contribution in [-0.4, -0.2) is 51.8 Å². The predicted octanol–water partition coefficient (Wildman–Crippen LogP) is 2.04. The predicted molar refractivity (Wildman–Crippen MR) is 77.2 cm³/mol. The van der Waals surface area contributed by atoms with Gasteiger partial charge in [-0.1, -0.05) is 0 Å². The van der Waals surface area contributed by atoms with Crippen molar-refractivity contribution in [2.75, 3.05) is 26.4 Å². The zero-order chi connectivity index (χ0) is 15.4. The number of unbranched alkanes of at least 4 members (excludes halogenated alkanes) is 1. The summed E-state index contributed by atoms with van der Waals surface area (Å²) in [5.74, 6) is -1.15. The van der Waals surface area contributed by atoms with Gasteiger partial charge >= 0.3 is 11.9 Å². The molecule has 0 fully saturated rings. The lowest BCUT2D eigenvalue weighted by atomic mass is 10.2. The number of carboxylic acids is 1. The van der Waals surface area contributed by atoms with E-state index in [1.54, 1.807) is 0 Å². The molecule has 0 aromatic rings. The van der Waals surface area contributed by atoms with Gasteiger partial charge in [-0.15, -0.1) is 0 Å². The van der Waals surface area contributed by atoms with Crippen molar-refractivity contribution in [2.24, 2.45) is 0 Å². The zero-order valence-corrected chi connectivity index (χ0v) is 13.6. The number of carbonyl (C=O) groups excluding carboxylic acids is 1. The van der Waals surface area contributed by atoms with Crippen LogP contribution in [0.4, 0.5) is 0 Å². The highest BCUT2D eigenvalue weighted by molar-refractivity contribution is 6.69. The van der Waals surface area contributed by atoms with Crippen LogP contribution in [0.15, 0.2) is 0 Å². The van der Waals surface area contributed by atoms with Crippen molar-refractivity contribution in [1.29, 1.82) is 0 Å². The van der Waals surface area contributed by atoms with Crippen LogP contribution in [0.5, 0.6) is 0 Å². The van der Waals surface area contributed by atoms with Crippen molar-refractivity contribution in [3.05, 3.63) is 0 Å². The minimum absolute atomic E-state index is 0.0908. The maximum atomic E-state index is 11.3.